The molecule has 2 aromatic heterocycles. The van der Waals surface area contributed by atoms with E-state index in [2.05, 4.69) is 22.4 Å². The summed E-state index contributed by atoms with van der Waals surface area (Å²) in [6, 6.07) is 21.2. The van der Waals surface area contributed by atoms with Crippen molar-refractivity contribution in [2.24, 2.45) is 0 Å². The summed E-state index contributed by atoms with van der Waals surface area (Å²) < 4.78 is 3.56. The number of anilines is 1. The number of unbranched alkanes of at least 4 members (excludes halogenated alkanes) is 1. The third-order valence-corrected chi connectivity index (χ3v) is 6.54. The first-order valence-corrected chi connectivity index (χ1v) is 11.9. The smallest absolute Gasteiger partial charge is 0.262 e. The SMILES string of the molecule is CCCCn1c(=O)c2ccccc2n2c(SCC(=O)Nc3cccc4ccccc34)nnc12. The van der Waals surface area contributed by atoms with Gasteiger partial charge in [0.1, 0.15) is 0 Å². The molecule has 0 radical (unpaired) electrons. The van der Waals surface area contributed by atoms with Crippen LogP contribution in [0, 0.1) is 0 Å². The fourth-order valence-electron chi connectivity index (χ4n) is 4.00. The van der Waals surface area contributed by atoms with Gasteiger partial charge in [-0.25, -0.2) is 0 Å². The quantitative estimate of drug-likeness (QED) is 0.358. The molecule has 0 aliphatic heterocycles. The normalized spacial score (nSPS) is 11.4. The number of hydrogen-bond acceptors (Lipinski definition) is 5. The second kappa shape index (κ2) is 9.07. The second-order valence-corrected chi connectivity index (χ2v) is 8.75. The molecule has 3 aromatic carbocycles. The first-order valence-electron chi connectivity index (χ1n) is 10.9. The van der Waals surface area contributed by atoms with Crippen LogP contribution in [0.3, 0.4) is 0 Å². The zero-order valence-electron chi connectivity index (χ0n) is 18.2. The van der Waals surface area contributed by atoms with E-state index in [1.54, 1.807) is 4.57 Å². The van der Waals surface area contributed by atoms with E-state index < -0.39 is 0 Å². The predicted molar refractivity (Wildman–Crippen MR) is 133 cm³/mol. The molecule has 0 aliphatic carbocycles. The van der Waals surface area contributed by atoms with Gasteiger partial charge in [0.2, 0.25) is 11.7 Å². The Morgan fingerprint density at radius 2 is 1.73 bits per heavy atom. The van der Waals surface area contributed by atoms with E-state index in [4.69, 9.17) is 0 Å². The third kappa shape index (κ3) is 3.98. The van der Waals surface area contributed by atoms with Gasteiger partial charge >= 0.3 is 0 Å². The average Bonchev–Trinajstić information content (AvgIpc) is 3.27. The number of carbonyl (C=O) groups is 1. The Balaban J connectivity index is 1.45. The van der Waals surface area contributed by atoms with Crippen LogP contribution in [0.25, 0.3) is 27.5 Å². The maximum Gasteiger partial charge on any atom is 0.262 e. The summed E-state index contributed by atoms with van der Waals surface area (Å²) in [4.78, 5) is 25.8. The molecule has 1 amide bonds. The van der Waals surface area contributed by atoms with Crippen molar-refractivity contribution in [1.29, 1.82) is 0 Å². The third-order valence-electron chi connectivity index (χ3n) is 5.61. The number of nitrogens with zero attached hydrogens (tertiary/aromatic N) is 4. The standard InChI is InChI=1S/C25H23N5O2S/c1-2-3-15-29-23(32)19-12-6-7-14-21(19)30-24(29)27-28-25(30)33-16-22(31)26-20-13-8-10-17-9-4-5-11-18(17)20/h4-14H,2-3,15-16H2,1H3,(H,26,31). The fourth-order valence-corrected chi connectivity index (χ4v) is 4.74. The summed E-state index contributed by atoms with van der Waals surface area (Å²) in [6.45, 7) is 2.66. The molecule has 7 nitrogen and oxygen atoms in total. The van der Waals surface area contributed by atoms with Gasteiger partial charge in [0, 0.05) is 17.6 Å². The molecule has 0 aliphatic rings. The van der Waals surface area contributed by atoms with E-state index in [-0.39, 0.29) is 17.2 Å². The molecule has 5 rings (SSSR count). The molecule has 0 fully saturated rings. The Kier molecular flexibility index (Phi) is 5.83. The maximum atomic E-state index is 13.0. The molecule has 5 aromatic rings. The minimum Gasteiger partial charge on any atom is -0.325 e. The van der Waals surface area contributed by atoms with E-state index >= 15 is 0 Å². The van der Waals surface area contributed by atoms with Crippen molar-refractivity contribution >= 4 is 50.8 Å². The molecule has 166 valence electrons. The number of aromatic nitrogens is 4. The molecule has 0 unspecified atom stereocenters. The number of carbonyl (C=O) groups excluding carboxylic acids is 1. The van der Waals surface area contributed by atoms with Gasteiger partial charge in [-0.2, -0.15) is 0 Å². The Bertz CT molecular complexity index is 1530. The highest BCUT2D eigenvalue weighted by atomic mass is 32.2. The largest absolute Gasteiger partial charge is 0.325 e. The van der Waals surface area contributed by atoms with Crippen LogP contribution < -0.4 is 10.9 Å². The summed E-state index contributed by atoms with van der Waals surface area (Å²) in [7, 11) is 0. The van der Waals surface area contributed by atoms with Crippen LogP contribution in [-0.2, 0) is 11.3 Å². The molecule has 0 spiro atoms. The molecular formula is C25H23N5O2S. The Morgan fingerprint density at radius 1 is 0.970 bits per heavy atom. The van der Waals surface area contributed by atoms with Gasteiger partial charge in [-0.15, -0.1) is 10.2 Å². The maximum absolute atomic E-state index is 13.0. The summed E-state index contributed by atoms with van der Waals surface area (Å²) in [5.74, 6) is 0.549. The van der Waals surface area contributed by atoms with E-state index in [0.717, 1.165) is 34.8 Å². The number of nitrogens with one attached hydrogen (secondary N) is 1. The number of aryl methyl sites for hydroxylation is 1. The first-order chi connectivity index (χ1) is 16.2. The summed E-state index contributed by atoms with van der Waals surface area (Å²) in [5.41, 5.74) is 1.46. The van der Waals surface area contributed by atoms with E-state index in [1.807, 2.05) is 71.1 Å². The van der Waals surface area contributed by atoms with Gasteiger partial charge in [0.15, 0.2) is 5.16 Å². The van der Waals surface area contributed by atoms with Gasteiger partial charge in [-0.1, -0.05) is 73.6 Å². The lowest BCUT2D eigenvalue weighted by molar-refractivity contribution is -0.113. The number of amides is 1. The molecule has 0 bridgehead atoms. The van der Waals surface area contributed by atoms with Gasteiger partial charge in [-0.05, 0) is 30.0 Å². The van der Waals surface area contributed by atoms with Crippen molar-refractivity contribution in [2.45, 2.75) is 31.5 Å². The number of thioether (sulfide) groups is 1. The van der Waals surface area contributed by atoms with Crippen LogP contribution in [0.4, 0.5) is 5.69 Å². The predicted octanol–water partition coefficient (Wildman–Crippen LogP) is 4.73. The minimum atomic E-state index is -0.128. The monoisotopic (exact) mass is 457 g/mol. The fraction of sp³-hybridized carbons (Fsp3) is 0.200. The van der Waals surface area contributed by atoms with Crippen LogP contribution in [-0.4, -0.2) is 30.8 Å². The number of para-hydroxylation sites is 1. The van der Waals surface area contributed by atoms with Crippen LogP contribution in [0.5, 0.6) is 0 Å². The second-order valence-electron chi connectivity index (χ2n) is 7.81. The van der Waals surface area contributed by atoms with Crippen molar-refractivity contribution < 1.29 is 4.79 Å². The van der Waals surface area contributed by atoms with Crippen LogP contribution in [0.2, 0.25) is 0 Å². The van der Waals surface area contributed by atoms with Gasteiger partial charge in [-0.3, -0.25) is 18.6 Å². The van der Waals surface area contributed by atoms with Crippen molar-refractivity contribution in [3.05, 3.63) is 77.1 Å². The molecular weight excluding hydrogens is 434 g/mol. The van der Waals surface area contributed by atoms with E-state index in [1.165, 1.54) is 11.8 Å². The lowest BCUT2D eigenvalue weighted by Gasteiger charge is -2.11. The van der Waals surface area contributed by atoms with Crippen LogP contribution in [0.1, 0.15) is 19.8 Å². The van der Waals surface area contributed by atoms with Crippen molar-refractivity contribution in [3.63, 3.8) is 0 Å². The van der Waals surface area contributed by atoms with Crippen LogP contribution in [0.15, 0.2) is 76.7 Å². The van der Waals surface area contributed by atoms with E-state index in [0.29, 0.717) is 22.9 Å². The number of rotatable bonds is 7. The molecule has 2 heterocycles. The zero-order valence-corrected chi connectivity index (χ0v) is 19.0. The highest BCUT2D eigenvalue weighted by Crippen LogP contribution is 2.25. The zero-order chi connectivity index (χ0) is 22.8. The topological polar surface area (TPSA) is 81.3 Å². The summed E-state index contributed by atoms with van der Waals surface area (Å²) in [6.07, 6.45) is 1.84. The highest BCUT2D eigenvalue weighted by Gasteiger charge is 2.17. The Labute approximate surface area is 194 Å². The minimum absolute atomic E-state index is 0.0656. The number of hydrogen-bond donors (Lipinski definition) is 1. The lowest BCUT2D eigenvalue weighted by Crippen LogP contribution is -2.23. The molecule has 8 heteroatoms. The van der Waals surface area contributed by atoms with Crippen molar-refractivity contribution in [2.75, 3.05) is 11.1 Å². The molecule has 0 saturated heterocycles. The molecule has 1 N–H and O–H groups in total. The van der Waals surface area contributed by atoms with Crippen molar-refractivity contribution in [1.82, 2.24) is 19.2 Å². The van der Waals surface area contributed by atoms with Gasteiger partial charge < -0.3 is 5.32 Å². The first kappa shape index (κ1) is 21.2. The molecule has 0 atom stereocenters. The number of fused-ring (bicyclic) bond motifs is 4. The lowest BCUT2D eigenvalue weighted by atomic mass is 10.1. The Hall–Kier alpha value is -3.65. The summed E-state index contributed by atoms with van der Waals surface area (Å²) >= 11 is 1.30. The number of benzene rings is 3. The van der Waals surface area contributed by atoms with Gasteiger partial charge in [0.25, 0.3) is 5.56 Å². The Morgan fingerprint density at radius 3 is 2.58 bits per heavy atom. The van der Waals surface area contributed by atoms with Gasteiger partial charge in [0.05, 0.1) is 16.7 Å². The van der Waals surface area contributed by atoms with Crippen LogP contribution >= 0.6 is 11.8 Å². The molecule has 33 heavy (non-hydrogen) atoms. The highest BCUT2D eigenvalue weighted by molar-refractivity contribution is 7.99. The summed E-state index contributed by atoms with van der Waals surface area (Å²) in [5, 5.41) is 14.9. The average molecular weight is 458 g/mol. The molecule has 0 saturated carbocycles. The van der Waals surface area contributed by atoms with Crippen molar-refractivity contribution in [3.8, 4) is 0 Å². The van der Waals surface area contributed by atoms with E-state index in [9.17, 15) is 9.59 Å².